The van der Waals surface area contributed by atoms with E-state index in [-0.39, 0.29) is 6.04 Å². The molecule has 0 saturated carbocycles. The molecule has 3 atom stereocenters. The first-order valence-corrected chi connectivity index (χ1v) is 10.9. The maximum atomic E-state index is 6.52. The summed E-state index contributed by atoms with van der Waals surface area (Å²) in [5.74, 6) is 4.02. The van der Waals surface area contributed by atoms with Gasteiger partial charge in [-0.3, -0.25) is 0 Å². The Bertz CT molecular complexity index is 863. The Kier molecular flexibility index (Phi) is 4.35. The molecule has 0 aromatic heterocycles. The number of nitrogens with one attached hydrogen (secondary N) is 1. The fourth-order valence-electron chi connectivity index (χ4n) is 4.16. The number of ether oxygens (including phenoxy) is 1. The van der Waals surface area contributed by atoms with E-state index in [1.807, 2.05) is 17.8 Å². The van der Waals surface area contributed by atoms with Crippen LogP contribution in [-0.4, -0.2) is 17.6 Å². The molecule has 0 bridgehead atoms. The molecule has 5 rings (SSSR count). The van der Waals surface area contributed by atoms with Gasteiger partial charge in [-0.15, -0.1) is 0 Å². The third-order valence-electron chi connectivity index (χ3n) is 5.58. The second kappa shape index (κ2) is 6.70. The van der Waals surface area contributed by atoms with Crippen LogP contribution in [0.5, 0.6) is 5.75 Å². The topological polar surface area (TPSA) is 21.3 Å². The molecular weight excluding hydrogens is 385 g/mol. The van der Waals surface area contributed by atoms with Crippen LogP contribution in [0.2, 0.25) is 10.0 Å². The number of rotatable bonds is 3. The summed E-state index contributed by atoms with van der Waals surface area (Å²) in [6, 6.07) is 12.8. The summed E-state index contributed by atoms with van der Waals surface area (Å²) < 4.78 is 5.98. The minimum atomic E-state index is 0.215. The van der Waals surface area contributed by atoms with Crippen molar-refractivity contribution in [2.75, 3.05) is 16.8 Å². The van der Waals surface area contributed by atoms with Crippen molar-refractivity contribution in [3.63, 3.8) is 0 Å². The molecule has 1 N–H and O–H groups in total. The Morgan fingerprint density at radius 3 is 2.58 bits per heavy atom. The van der Waals surface area contributed by atoms with E-state index >= 15 is 0 Å². The van der Waals surface area contributed by atoms with Crippen LogP contribution in [0.4, 0.5) is 5.69 Å². The molecule has 2 aromatic carbocycles. The van der Waals surface area contributed by atoms with Gasteiger partial charge in [0.1, 0.15) is 11.9 Å². The lowest BCUT2D eigenvalue weighted by Gasteiger charge is -2.38. The smallest absolute Gasteiger partial charge is 0.119 e. The van der Waals surface area contributed by atoms with Crippen LogP contribution in [0.15, 0.2) is 48.6 Å². The van der Waals surface area contributed by atoms with Gasteiger partial charge in [0.2, 0.25) is 0 Å². The molecule has 0 radical (unpaired) electrons. The minimum Gasteiger partial charge on any atom is -0.489 e. The van der Waals surface area contributed by atoms with Gasteiger partial charge in [0, 0.05) is 17.4 Å². The van der Waals surface area contributed by atoms with Crippen molar-refractivity contribution in [1.29, 1.82) is 0 Å². The van der Waals surface area contributed by atoms with Crippen LogP contribution in [-0.2, 0) is 0 Å². The van der Waals surface area contributed by atoms with Crippen LogP contribution in [0.3, 0.4) is 0 Å². The van der Waals surface area contributed by atoms with E-state index in [1.165, 1.54) is 11.1 Å². The maximum Gasteiger partial charge on any atom is 0.119 e. The van der Waals surface area contributed by atoms with E-state index in [0.717, 1.165) is 29.4 Å². The Balaban J connectivity index is 1.46. The summed E-state index contributed by atoms with van der Waals surface area (Å²) in [6.45, 7) is 0. The fraction of sp³-hybridized carbons (Fsp3) is 0.333. The summed E-state index contributed by atoms with van der Waals surface area (Å²) in [5, 5.41) is 4.89. The van der Waals surface area contributed by atoms with Gasteiger partial charge < -0.3 is 10.1 Å². The standard InChI is InChI=1S/C21H19Cl2NOS/c22-18-9-8-17-15-2-1-3-16(15)20(24-21(17)19(18)23)12-4-6-13(7-5-12)25-14-10-26-11-14/h1-2,4-9,14-16,20,24H,3,10-11H2/t15-,16+,20+/m1/s1. The van der Waals surface area contributed by atoms with Crippen LogP contribution in [0, 0.1) is 5.92 Å². The molecule has 26 heavy (non-hydrogen) atoms. The van der Waals surface area contributed by atoms with Gasteiger partial charge in [-0.1, -0.05) is 53.6 Å². The fourth-order valence-corrected chi connectivity index (χ4v) is 5.11. The number of hydrogen-bond donors (Lipinski definition) is 1. The van der Waals surface area contributed by atoms with Crippen LogP contribution in [0.1, 0.15) is 29.5 Å². The molecule has 1 aliphatic carbocycles. The molecule has 2 aromatic rings. The molecule has 134 valence electrons. The normalized spacial score (nSPS) is 26.6. The first kappa shape index (κ1) is 16.9. The lowest BCUT2D eigenvalue weighted by Crippen LogP contribution is -2.31. The summed E-state index contributed by atoms with van der Waals surface area (Å²) in [4.78, 5) is 0. The monoisotopic (exact) mass is 403 g/mol. The summed E-state index contributed by atoms with van der Waals surface area (Å²) in [7, 11) is 0. The SMILES string of the molecule is Clc1ccc2c(c1Cl)N[C@@H](c1ccc(OC3CSC3)cc1)[C@H]1CC=C[C@@H]21. The molecular formula is C21H19Cl2NOS. The summed E-state index contributed by atoms with van der Waals surface area (Å²) >= 11 is 14.7. The van der Waals surface area contributed by atoms with Crippen molar-refractivity contribution in [1.82, 2.24) is 0 Å². The lowest BCUT2D eigenvalue weighted by molar-refractivity contribution is 0.240. The number of halogens is 2. The average molecular weight is 404 g/mol. The molecule has 0 unspecified atom stereocenters. The molecule has 2 aliphatic heterocycles. The third-order valence-corrected chi connectivity index (χ3v) is 7.60. The molecule has 2 heterocycles. The molecule has 1 fully saturated rings. The highest BCUT2D eigenvalue weighted by atomic mass is 35.5. The van der Waals surface area contributed by atoms with Crippen molar-refractivity contribution in [2.24, 2.45) is 5.92 Å². The lowest BCUT2D eigenvalue weighted by atomic mass is 9.77. The zero-order chi connectivity index (χ0) is 17.7. The Morgan fingerprint density at radius 1 is 1.04 bits per heavy atom. The van der Waals surface area contributed by atoms with E-state index in [0.29, 0.717) is 28.0 Å². The highest BCUT2D eigenvalue weighted by Crippen LogP contribution is 2.52. The van der Waals surface area contributed by atoms with Crippen molar-refractivity contribution in [3.8, 4) is 5.75 Å². The van der Waals surface area contributed by atoms with Gasteiger partial charge in [0.15, 0.2) is 0 Å². The predicted molar refractivity (Wildman–Crippen MR) is 111 cm³/mol. The van der Waals surface area contributed by atoms with E-state index in [4.69, 9.17) is 27.9 Å². The van der Waals surface area contributed by atoms with Crippen LogP contribution in [0.25, 0.3) is 0 Å². The van der Waals surface area contributed by atoms with Crippen molar-refractivity contribution < 1.29 is 4.74 Å². The molecule has 0 amide bonds. The second-order valence-corrected chi connectivity index (χ2v) is 9.01. The highest BCUT2D eigenvalue weighted by molar-refractivity contribution is 8.00. The van der Waals surface area contributed by atoms with Gasteiger partial charge in [-0.2, -0.15) is 11.8 Å². The molecule has 2 nitrogen and oxygen atoms in total. The van der Waals surface area contributed by atoms with Gasteiger partial charge in [-0.25, -0.2) is 0 Å². The quantitative estimate of drug-likeness (QED) is 0.606. The minimum absolute atomic E-state index is 0.215. The number of fused-ring (bicyclic) bond motifs is 3. The number of benzene rings is 2. The van der Waals surface area contributed by atoms with Gasteiger partial charge in [0.25, 0.3) is 0 Å². The Morgan fingerprint density at radius 2 is 1.85 bits per heavy atom. The van der Waals surface area contributed by atoms with Gasteiger partial charge in [0.05, 0.1) is 21.8 Å². The van der Waals surface area contributed by atoms with Gasteiger partial charge in [-0.05, 0) is 41.7 Å². The maximum absolute atomic E-state index is 6.52. The van der Waals surface area contributed by atoms with Crippen molar-refractivity contribution in [3.05, 3.63) is 69.7 Å². The number of thioether (sulfide) groups is 1. The largest absolute Gasteiger partial charge is 0.489 e. The first-order chi connectivity index (χ1) is 12.7. The average Bonchev–Trinajstić information content (AvgIpc) is 3.11. The van der Waals surface area contributed by atoms with E-state index in [2.05, 4.69) is 47.8 Å². The molecule has 5 heteroatoms. The Hall–Kier alpha value is -1.29. The number of hydrogen-bond acceptors (Lipinski definition) is 3. The zero-order valence-electron chi connectivity index (χ0n) is 14.1. The summed E-state index contributed by atoms with van der Waals surface area (Å²) in [6.07, 6.45) is 6.04. The van der Waals surface area contributed by atoms with Crippen LogP contribution < -0.4 is 10.1 Å². The number of allylic oxidation sites excluding steroid dienone is 2. The molecule has 0 spiro atoms. The van der Waals surface area contributed by atoms with E-state index < -0.39 is 0 Å². The van der Waals surface area contributed by atoms with Crippen molar-refractivity contribution >= 4 is 40.7 Å². The van der Waals surface area contributed by atoms with E-state index in [9.17, 15) is 0 Å². The van der Waals surface area contributed by atoms with Crippen molar-refractivity contribution in [2.45, 2.75) is 24.5 Å². The first-order valence-electron chi connectivity index (χ1n) is 8.96. The zero-order valence-corrected chi connectivity index (χ0v) is 16.5. The molecule has 3 aliphatic rings. The Labute approximate surface area is 167 Å². The van der Waals surface area contributed by atoms with E-state index in [1.54, 1.807) is 0 Å². The summed E-state index contributed by atoms with van der Waals surface area (Å²) in [5.41, 5.74) is 3.49. The van der Waals surface area contributed by atoms with Gasteiger partial charge >= 0.3 is 0 Å². The highest BCUT2D eigenvalue weighted by Gasteiger charge is 2.39. The predicted octanol–water partition coefficient (Wildman–Crippen LogP) is 6.31. The van der Waals surface area contributed by atoms with Crippen LogP contribution >= 0.6 is 35.0 Å². The molecule has 1 saturated heterocycles. The number of anilines is 1. The third kappa shape index (κ3) is 2.81. The second-order valence-electron chi connectivity index (χ2n) is 7.15.